The standard InChI is InChI=1S/C24H18ClN3O/c25-18-7-8-21-19(14-18)20(15-22(27-21)16-9-11-26-12-10-16)24(29)28-13-3-5-17-4-1-2-6-23(17)28/h1-2,4,6-12,14-15H,3,5,13H2. The first-order chi connectivity index (χ1) is 14.2. The third kappa shape index (κ3) is 3.26. The Hall–Kier alpha value is -3.24. The van der Waals surface area contributed by atoms with Gasteiger partial charge in [-0.15, -0.1) is 0 Å². The molecule has 0 unspecified atom stereocenters. The molecule has 5 rings (SSSR count). The maximum atomic E-state index is 13.7. The molecule has 0 saturated heterocycles. The summed E-state index contributed by atoms with van der Waals surface area (Å²) in [4.78, 5) is 24.4. The summed E-state index contributed by atoms with van der Waals surface area (Å²) >= 11 is 6.26. The van der Waals surface area contributed by atoms with Crippen LogP contribution in [0.25, 0.3) is 22.2 Å². The fourth-order valence-electron chi connectivity index (χ4n) is 3.94. The molecule has 29 heavy (non-hydrogen) atoms. The number of fused-ring (bicyclic) bond motifs is 2. The van der Waals surface area contributed by atoms with Crippen molar-refractivity contribution in [1.82, 2.24) is 9.97 Å². The predicted molar refractivity (Wildman–Crippen MR) is 116 cm³/mol. The van der Waals surface area contributed by atoms with Crippen LogP contribution >= 0.6 is 11.6 Å². The van der Waals surface area contributed by atoms with Crippen LogP contribution in [-0.2, 0) is 6.42 Å². The fraction of sp³-hybridized carbons (Fsp3) is 0.125. The molecule has 0 aliphatic carbocycles. The number of nitrogens with zero attached hydrogens (tertiary/aromatic N) is 3. The summed E-state index contributed by atoms with van der Waals surface area (Å²) in [6.07, 6.45) is 5.39. The minimum Gasteiger partial charge on any atom is -0.308 e. The van der Waals surface area contributed by atoms with E-state index in [4.69, 9.17) is 16.6 Å². The molecule has 0 fully saturated rings. The van der Waals surface area contributed by atoms with Gasteiger partial charge in [-0.05, 0) is 60.9 Å². The van der Waals surface area contributed by atoms with Crippen molar-refractivity contribution in [3.05, 3.63) is 89.2 Å². The lowest BCUT2D eigenvalue weighted by Gasteiger charge is -2.30. The summed E-state index contributed by atoms with van der Waals surface area (Å²) in [6.45, 7) is 0.699. The van der Waals surface area contributed by atoms with Crippen molar-refractivity contribution in [2.45, 2.75) is 12.8 Å². The van der Waals surface area contributed by atoms with Gasteiger partial charge in [0.1, 0.15) is 0 Å². The number of carbonyl (C=O) groups excluding carboxylic acids is 1. The van der Waals surface area contributed by atoms with Crippen molar-refractivity contribution in [2.24, 2.45) is 0 Å². The van der Waals surface area contributed by atoms with E-state index in [2.05, 4.69) is 11.1 Å². The van der Waals surface area contributed by atoms with E-state index in [1.54, 1.807) is 18.5 Å². The van der Waals surface area contributed by atoms with Crippen LogP contribution in [-0.4, -0.2) is 22.4 Å². The number of aryl methyl sites for hydroxylation is 1. The van der Waals surface area contributed by atoms with Gasteiger partial charge >= 0.3 is 0 Å². The first kappa shape index (κ1) is 17.8. The first-order valence-electron chi connectivity index (χ1n) is 9.61. The molecule has 0 N–H and O–H groups in total. The van der Waals surface area contributed by atoms with Gasteiger partial charge in [-0.25, -0.2) is 4.98 Å². The summed E-state index contributed by atoms with van der Waals surface area (Å²) in [7, 11) is 0. The highest BCUT2D eigenvalue weighted by Gasteiger charge is 2.25. The molecule has 4 nitrogen and oxygen atoms in total. The van der Waals surface area contributed by atoms with E-state index in [-0.39, 0.29) is 5.91 Å². The van der Waals surface area contributed by atoms with Crippen LogP contribution in [0.2, 0.25) is 5.02 Å². The summed E-state index contributed by atoms with van der Waals surface area (Å²) in [6, 6.07) is 19.3. The van der Waals surface area contributed by atoms with E-state index in [9.17, 15) is 4.79 Å². The van der Waals surface area contributed by atoms with Crippen molar-refractivity contribution in [2.75, 3.05) is 11.4 Å². The zero-order valence-corrected chi connectivity index (χ0v) is 16.4. The number of pyridine rings is 2. The number of rotatable bonds is 2. The summed E-state index contributed by atoms with van der Waals surface area (Å²) in [5.41, 5.74) is 5.22. The van der Waals surface area contributed by atoms with Crippen LogP contribution in [0.5, 0.6) is 0 Å². The zero-order valence-electron chi connectivity index (χ0n) is 15.7. The van der Waals surface area contributed by atoms with Gasteiger partial charge in [-0.2, -0.15) is 0 Å². The van der Waals surface area contributed by atoms with E-state index < -0.39 is 0 Å². The van der Waals surface area contributed by atoms with Crippen LogP contribution in [0, 0.1) is 0 Å². The summed E-state index contributed by atoms with van der Waals surface area (Å²) in [5, 5.41) is 1.35. The van der Waals surface area contributed by atoms with Gasteiger partial charge < -0.3 is 4.90 Å². The van der Waals surface area contributed by atoms with Crippen molar-refractivity contribution in [3.63, 3.8) is 0 Å². The molecule has 4 aromatic rings. The lowest BCUT2D eigenvalue weighted by Crippen LogP contribution is -2.35. The van der Waals surface area contributed by atoms with Crippen molar-refractivity contribution >= 4 is 34.1 Å². The zero-order chi connectivity index (χ0) is 19.8. The maximum Gasteiger partial charge on any atom is 0.259 e. The second-order valence-corrected chi connectivity index (χ2v) is 7.58. The average Bonchev–Trinajstić information content (AvgIpc) is 2.78. The Kier molecular flexibility index (Phi) is 4.49. The summed E-state index contributed by atoms with van der Waals surface area (Å²) in [5.74, 6) is -0.0258. The third-order valence-electron chi connectivity index (χ3n) is 5.33. The maximum absolute atomic E-state index is 13.7. The third-order valence-corrected chi connectivity index (χ3v) is 5.57. The Morgan fingerprint density at radius 2 is 1.83 bits per heavy atom. The highest BCUT2D eigenvalue weighted by Crippen LogP contribution is 2.32. The number of amides is 1. The van der Waals surface area contributed by atoms with Crippen LogP contribution in [0.1, 0.15) is 22.3 Å². The monoisotopic (exact) mass is 399 g/mol. The molecular weight excluding hydrogens is 382 g/mol. The van der Waals surface area contributed by atoms with Crippen LogP contribution in [0.3, 0.4) is 0 Å². The number of anilines is 1. The van der Waals surface area contributed by atoms with Crippen LogP contribution in [0.4, 0.5) is 5.69 Å². The Morgan fingerprint density at radius 1 is 1.00 bits per heavy atom. The highest BCUT2D eigenvalue weighted by molar-refractivity contribution is 6.31. The minimum atomic E-state index is -0.0258. The molecule has 0 spiro atoms. The molecule has 142 valence electrons. The highest BCUT2D eigenvalue weighted by atomic mass is 35.5. The van der Waals surface area contributed by atoms with Crippen LogP contribution < -0.4 is 4.90 Å². The van der Waals surface area contributed by atoms with E-state index in [0.717, 1.165) is 40.7 Å². The second-order valence-electron chi connectivity index (χ2n) is 7.14. The predicted octanol–water partition coefficient (Wildman–Crippen LogP) is 5.54. The number of benzene rings is 2. The van der Waals surface area contributed by atoms with Crippen molar-refractivity contribution < 1.29 is 4.79 Å². The molecule has 2 aromatic carbocycles. The summed E-state index contributed by atoms with van der Waals surface area (Å²) < 4.78 is 0. The number of aromatic nitrogens is 2. The van der Waals surface area contributed by atoms with Gasteiger partial charge in [0, 0.05) is 40.6 Å². The molecule has 1 aliphatic rings. The molecule has 3 heterocycles. The topological polar surface area (TPSA) is 46.1 Å². The van der Waals surface area contributed by atoms with E-state index in [1.165, 1.54) is 5.56 Å². The molecule has 0 saturated carbocycles. The largest absolute Gasteiger partial charge is 0.308 e. The van der Waals surface area contributed by atoms with Gasteiger partial charge in [0.25, 0.3) is 5.91 Å². The number of halogens is 1. The molecular formula is C24H18ClN3O. The van der Waals surface area contributed by atoms with E-state index in [0.29, 0.717) is 17.1 Å². The lowest BCUT2D eigenvalue weighted by molar-refractivity contribution is 0.0986. The SMILES string of the molecule is O=C(c1cc(-c2ccncc2)nc2ccc(Cl)cc12)N1CCCc2ccccc21. The molecule has 2 aromatic heterocycles. The molecule has 1 amide bonds. The Morgan fingerprint density at radius 3 is 2.69 bits per heavy atom. The molecule has 0 atom stereocenters. The van der Waals surface area contributed by atoms with Crippen LogP contribution in [0.15, 0.2) is 73.1 Å². The molecule has 1 aliphatic heterocycles. The fourth-order valence-corrected chi connectivity index (χ4v) is 4.11. The van der Waals surface area contributed by atoms with Gasteiger partial charge in [0.15, 0.2) is 0 Å². The van der Waals surface area contributed by atoms with E-state index in [1.807, 2.05) is 53.4 Å². The first-order valence-corrected chi connectivity index (χ1v) is 9.99. The van der Waals surface area contributed by atoms with Gasteiger partial charge in [-0.1, -0.05) is 29.8 Å². The number of para-hydroxylation sites is 1. The quantitative estimate of drug-likeness (QED) is 0.444. The Bertz CT molecular complexity index is 1220. The Labute approximate surface area is 173 Å². The molecule has 0 radical (unpaired) electrons. The smallest absolute Gasteiger partial charge is 0.259 e. The minimum absolute atomic E-state index is 0.0258. The molecule has 5 heteroatoms. The number of hydrogen-bond acceptors (Lipinski definition) is 3. The van der Waals surface area contributed by atoms with Gasteiger partial charge in [-0.3, -0.25) is 9.78 Å². The number of carbonyl (C=O) groups is 1. The van der Waals surface area contributed by atoms with Crippen molar-refractivity contribution in [1.29, 1.82) is 0 Å². The van der Waals surface area contributed by atoms with Gasteiger partial charge in [0.05, 0.1) is 16.8 Å². The van der Waals surface area contributed by atoms with Crippen molar-refractivity contribution in [3.8, 4) is 11.3 Å². The second kappa shape index (κ2) is 7.30. The normalized spacial score (nSPS) is 13.3. The van der Waals surface area contributed by atoms with E-state index >= 15 is 0 Å². The van der Waals surface area contributed by atoms with Gasteiger partial charge in [0.2, 0.25) is 0 Å². The Balaban J connectivity index is 1.69. The lowest BCUT2D eigenvalue weighted by atomic mass is 9.99. The molecule has 0 bridgehead atoms. The number of hydrogen-bond donors (Lipinski definition) is 0. The average molecular weight is 400 g/mol.